The molecule has 0 radical (unpaired) electrons. The smallest absolute Gasteiger partial charge is 0.256 e. The lowest BCUT2D eigenvalue weighted by atomic mass is 10.1. The first-order valence-corrected chi connectivity index (χ1v) is 8.25. The van der Waals surface area contributed by atoms with E-state index in [4.69, 9.17) is 5.73 Å². The van der Waals surface area contributed by atoms with Crippen molar-refractivity contribution in [2.24, 2.45) is 0 Å². The predicted molar refractivity (Wildman–Crippen MR) is 89.8 cm³/mol. The van der Waals surface area contributed by atoms with Crippen LogP contribution in [0.3, 0.4) is 0 Å². The number of hydrogen-bond donors (Lipinski definition) is 2. The highest BCUT2D eigenvalue weighted by Gasteiger charge is 2.27. The molecule has 0 bridgehead atoms. The van der Waals surface area contributed by atoms with Crippen LogP contribution in [0.2, 0.25) is 0 Å². The number of fused-ring (bicyclic) bond motifs is 1. The van der Waals surface area contributed by atoms with Crippen molar-refractivity contribution >= 4 is 34.3 Å². The molecule has 1 fully saturated rings. The van der Waals surface area contributed by atoms with Gasteiger partial charge >= 0.3 is 0 Å². The van der Waals surface area contributed by atoms with Crippen molar-refractivity contribution in [2.75, 3.05) is 24.6 Å². The van der Waals surface area contributed by atoms with Gasteiger partial charge in [0.2, 0.25) is 0 Å². The fourth-order valence-corrected chi connectivity index (χ4v) is 3.81. The van der Waals surface area contributed by atoms with Gasteiger partial charge in [0.25, 0.3) is 5.91 Å². The van der Waals surface area contributed by atoms with E-state index in [1.54, 1.807) is 6.20 Å². The van der Waals surface area contributed by atoms with Gasteiger partial charge in [0, 0.05) is 46.4 Å². The summed E-state index contributed by atoms with van der Waals surface area (Å²) in [7, 11) is 0. The Morgan fingerprint density at radius 1 is 1.38 bits per heavy atom. The topological polar surface area (TPSA) is 62.1 Å². The number of aromatic nitrogens is 1. The van der Waals surface area contributed by atoms with E-state index < -0.39 is 0 Å². The first-order valence-electron chi connectivity index (χ1n) is 7.26. The molecule has 112 valence electrons. The van der Waals surface area contributed by atoms with E-state index in [9.17, 15) is 4.79 Å². The van der Waals surface area contributed by atoms with Gasteiger partial charge in [0.1, 0.15) is 0 Å². The number of nitrogens with zero attached hydrogens (tertiary/aromatic N) is 1. The van der Waals surface area contributed by atoms with E-state index in [0.717, 1.165) is 41.7 Å². The zero-order valence-corrected chi connectivity index (χ0v) is 13.3. The first-order chi connectivity index (χ1) is 9.96. The molecule has 1 saturated heterocycles. The average Bonchev–Trinajstić information content (AvgIpc) is 2.75. The summed E-state index contributed by atoms with van der Waals surface area (Å²) in [6, 6.07) is 5.63. The minimum Gasteiger partial charge on any atom is -0.399 e. The van der Waals surface area contributed by atoms with E-state index in [1.807, 2.05) is 34.9 Å². The van der Waals surface area contributed by atoms with E-state index in [2.05, 4.69) is 18.8 Å². The molecule has 3 rings (SSSR count). The largest absolute Gasteiger partial charge is 0.399 e. The highest BCUT2D eigenvalue weighted by atomic mass is 32.2. The molecule has 0 saturated carbocycles. The molecule has 2 heterocycles. The van der Waals surface area contributed by atoms with Gasteiger partial charge in [-0.1, -0.05) is 13.8 Å². The number of nitrogens with one attached hydrogen (secondary N) is 1. The number of thioether (sulfide) groups is 1. The summed E-state index contributed by atoms with van der Waals surface area (Å²) >= 11 is 1.95. The zero-order valence-electron chi connectivity index (χ0n) is 12.5. The summed E-state index contributed by atoms with van der Waals surface area (Å²) in [5, 5.41) is 0.949. The fourth-order valence-electron chi connectivity index (χ4n) is 2.71. The minimum absolute atomic E-state index is 0.115. The van der Waals surface area contributed by atoms with Gasteiger partial charge in [-0.25, -0.2) is 0 Å². The third-order valence-electron chi connectivity index (χ3n) is 4.06. The molecule has 5 heteroatoms. The number of hydrogen-bond acceptors (Lipinski definition) is 3. The quantitative estimate of drug-likeness (QED) is 0.796. The van der Waals surface area contributed by atoms with E-state index in [0.29, 0.717) is 5.69 Å². The van der Waals surface area contributed by atoms with Crippen LogP contribution in [0.15, 0.2) is 24.4 Å². The van der Waals surface area contributed by atoms with E-state index in [1.165, 1.54) is 0 Å². The van der Waals surface area contributed by atoms with Crippen molar-refractivity contribution in [3.8, 4) is 0 Å². The molecule has 0 atom stereocenters. The van der Waals surface area contributed by atoms with Gasteiger partial charge in [-0.15, -0.1) is 0 Å². The maximum absolute atomic E-state index is 12.8. The molecule has 1 amide bonds. The second kappa shape index (κ2) is 5.30. The van der Waals surface area contributed by atoms with E-state index >= 15 is 0 Å². The molecule has 1 aliphatic rings. The lowest BCUT2D eigenvalue weighted by Crippen LogP contribution is -2.33. The summed E-state index contributed by atoms with van der Waals surface area (Å²) in [5.41, 5.74) is 8.15. The van der Waals surface area contributed by atoms with Crippen LogP contribution in [0.1, 0.15) is 30.6 Å². The predicted octanol–water partition coefficient (Wildman–Crippen LogP) is 3.11. The molecular formula is C16H21N3OS. The molecule has 0 spiro atoms. The molecule has 1 aromatic carbocycles. The summed E-state index contributed by atoms with van der Waals surface area (Å²) in [5.74, 6) is 1.11. The number of H-pyrrole nitrogens is 1. The lowest BCUT2D eigenvalue weighted by Gasteiger charge is -2.22. The zero-order chi connectivity index (χ0) is 15.0. The highest BCUT2D eigenvalue weighted by molar-refractivity contribution is 8.00. The Hall–Kier alpha value is -1.62. The third kappa shape index (κ3) is 2.88. The van der Waals surface area contributed by atoms with Crippen molar-refractivity contribution < 1.29 is 4.79 Å². The lowest BCUT2D eigenvalue weighted by molar-refractivity contribution is 0.0766. The highest BCUT2D eigenvalue weighted by Crippen LogP contribution is 2.31. The van der Waals surface area contributed by atoms with Gasteiger partial charge in [-0.3, -0.25) is 4.79 Å². The molecule has 0 aliphatic carbocycles. The monoisotopic (exact) mass is 303 g/mol. The first kappa shape index (κ1) is 14.3. The Bertz CT molecular complexity index is 677. The number of amides is 1. The van der Waals surface area contributed by atoms with Crippen LogP contribution in [-0.2, 0) is 0 Å². The Kier molecular flexibility index (Phi) is 3.61. The normalized spacial score (nSPS) is 18.7. The minimum atomic E-state index is 0.115. The Labute approximate surface area is 129 Å². The summed E-state index contributed by atoms with van der Waals surface area (Å²) in [6.07, 6.45) is 2.83. The van der Waals surface area contributed by atoms with Crippen LogP contribution in [0, 0.1) is 0 Å². The van der Waals surface area contributed by atoms with E-state index in [-0.39, 0.29) is 10.7 Å². The SMILES string of the molecule is CC1(C)CCN(C(=O)c2c[nH]c3cc(N)ccc23)CCS1. The van der Waals surface area contributed by atoms with Gasteiger partial charge in [0.05, 0.1) is 5.56 Å². The fraction of sp³-hybridized carbons (Fsp3) is 0.438. The number of benzene rings is 1. The molecule has 1 aromatic heterocycles. The molecule has 21 heavy (non-hydrogen) atoms. The summed E-state index contributed by atoms with van der Waals surface area (Å²) in [6.45, 7) is 6.13. The molecule has 3 N–H and O–H groups in total. The molecular weight excluding hydrogens is 282 g/mol. The number of rotatable bonds is 1. The average molecular weight is 303 g/mol. The van der Waals surface area contributed by atoms with Gasteiger partial charge in [0.15, 0.2) is 0 Å². The number of anilines is 1. The van der Waals surface area contributed by atoms with Crippen molar-refractivity contribution in [3.05, 3.63) is 30.0 Å². The van der Waals surface area contributed by atoms with Crippen LogP contribution in [0.25, 0.3) is 10.9 Å². The van der Waals surface area contributed by atoms with Crippen molar-refractivity contribution in [2.45, 2.75) is 25.0 Å². The van der Waals surface area contributed by atoms with Crippen molar-refractivity contribution in [1.82, 2.24) is 9.88 Å². The number of carbonyl (C=O) groups is 1. The van der Waals surface area contributed by atoms with Gasteiger partial charge < -0.3 is 15.6 Å². The standard InChI is InChI=1S/C16H21N3OS/c1-16(2)5-6-19(7-8-21-16)15(20)13-10-18-14-9-11(17)3-4-12(13)14/h3-4,9-10,18H,5-8,17H2,1-2H3. The van der Waals surface area contributed by atoms with Crippen LogP contribution in [0.4, 0.5) is 5.69 Å². The van der Waals surface area contributed by atoms with Crippen LogP contribution in [-0.4, -0.2) is 39.4 Å². The van der Waals surface area contributed by atoms with Gasteiger partial charge in [-0.2, -0.15) is 11.8 Å². The van der Waals surface area contributed by atoms with Crippen LogP contribution < -0.4 is 5.73 Å². The van der Waals surface area contributed by atoms with Crippen LogP contribution in [0.5, 0.6) is 0 Å². The molecule has 0 unspecified atom stereocenters. The Morgan fingerprint density at radius 3 is 3.00 bits per heavy atom. The summed E-state index contributed by atoms with van der Waals surface area (Å²) < 4.78 is 0.254. The number of carbonyl (C=O) groups excluding carboxylic acids is 1. The maximum Gasteiger partial charge on any atom is 0.256 e. The summed E-state index contributed by atoms with van der Waals surface area (Å²) in [4.78, 5) is 17.9. The second-order valence-corrected chi connectivity index (χ2v) is 7.96. The Morgan fingerprint density at radius 2 is 2.19 bits per heavy atom. The molecule has 1 aliphatic heterocycles. The molecule has 4 nitrogen and oxygen atoms in total. The Balaban J connectivity index is 1.87. The van der Waals surface area contributed by atoms with Crippen molar-refractivity contribution in [3.63, 3.8) is 0 Å². The molecule has 2 aromatic rings. The number of nitrogens with two attached hydrogens (primary N) is 1. The van der Waals surface area contributed by atoms with Crippen LogP contribution >= 0.6 is 11.8 Å². The van der Waals surface area contributed by atoms with Gasteiger partial charge in [-0.05, 0) is 24.6 Å². The number of nitrogen functional groups attached to an aromatic ring is 1. The third-order valence-corrected chi connectivity index (χ3v) is 5.43. The van der Waals surface area contributed by atoms with Crippen molar-refractivity contribution in [1.29, 1.82) is 0 Å². The maximum atomic E-state index is 12.8. The number of aromatic amines is 1. The second-order valence-electron chi connectivity index (χ2n) is 6.16.